The summed E-state index contributed by atoms with van der Waals surface area (Å²) < 4.78 is 5.30. The van der Waals surface area contributed by atoms with Crippen molar-refractivity contribution in [1.29, 1.82) is 0 Å². The molecule has 0 aromatic carbocycles. The van der Waals surface area contributed by atoms with Crippen molar-refractivity contribution in [2.45, 2.75) is 59.1 Å². The highest BCUT2D eigenvalue weighted by Crippen LogP contribution is 2.20. The third-order valence-electron chi connectivity index (χ3n) is 2.95. The average Bonchev–Trinajstić information content (AvgIpc) is 2.74. The van der Waals surface area contributed by atoms with Crippen LogP contribution in [0.4, 0.5) is 0 Å². The van der Waals surface area contributed by atoms with Crippen molar-refractivity contribution in [3.05, 3.63) is 24.2 Å². The predicted octanol–water partition coefficient (Wildman–Crippen LogP) is 2.99. The zero-order valence-electron chi connectivity index (χ0n) is 12.1. The molecule has 0 radical (unpaired) electrons. The van der Waals surface area contributed by atoms with Crippen molar-refractivity contribution in [2.75, 3.05) is 6.54 Å². The molecule has 1 aromatic rings. The molecule has 0 aliphatic rings. The first kappa shape index (κ1) is 15.3. The van der Waals surface area contributed by atoms with Crippen LogP contribution in [0.3, 0.4) is 0 Å². The van der Waals surface area contributed by atoms with E-state index in [9.17, 15) is 5.11 Å². The van der Waals surface area contributed by atoms with Crippen LogP contribution in [0, 0.1) is 5.41 Å². The molecular weight excluding hydrogens is 226 g/mol. The summed E-state index contributed by atoms with van der Waals surface area (Å²) in [6, 6.07) is 4.31. The maximum atomic E-state index is 9.90. The van der Waals surface area contributed by atoms with Crippen LogP contribution in [0.1, 0.15) is 46.3 Å². The first-order valence-electron chi connectivity index (χ1n) is 6.80. The number of nitrogens with one attached hydrogen (secondary N) is 1. The summed E-state index contributed by atoms with van der Waals surface area (Å²) in [5, 5.41) is 13.3. The number of aryl methyl sites for hydroxylation is 1. The smallest absolute Gasteiger partial charge is 0.103 e. The lowest BCUT2D eigenvalue weighted by atomic mass is 9.89. The summed E-state index contributed by atoms with van der Waals surface area (Å²) in [6.07, 6.45) is 4.23. The fraction of sp³-hybridized carbons (Fsp3) is 0.733. The zero-order chi connectivity index (χ0) is 13.6. The molecular formula is C15H27NO2. The van der Waals surface area contributed by atoms with Crippen LogP contribution in [0.25, 0.3) is 0 Å². The van der Waals surface area contributed by atoms with E-state index in [4.69, 9.17) is 4.42 Å². The summed E-state index contributed by atoms with van der Waals surface area (Å²) in [6.45, 7) is 9.26. The van der Waals surface area contributed by atoms with E-state index in [2.05, 4.69) is 33.0 Å². The molecule has 2 atom stereocenters. The van der Waals surface area contributed by atoms with Gasteiger partial charge in [-0.1, -0.05) is 20.8 Å². The van der Waals surface area contributed by atoms with E-state index < -0.39 is 0 Å². The highest BCUT2D eigenvalue weighted by Gasteiger charge is 2.17. The van der Waals surface area contributed by atoms with Gasteiger partial charge in [-0.2, -0.15) is 0 Å². The van der Waals surface area contributed by atoms with Crippen LogP contribution in [0.15, 0.2) is 22.8 Å². The van der Waals surface area contributed by atoms with Gasteiger partial charge >= 0.3 is 0 Å². The Kier molecular flexibility index (Phi) is 5.89. The van der Waals surface area contributed by atoms with Gasteiger partial charge in [0, 0.05) is 19.0 Å². The fourth-order valence-corrected chi connectivity index (χ4v) is 2.03. The van der Waals surface area contributed by atoms with Gasteiger partial charge in [0.05, 0.1) is 12.4 Å². The molecule has 104 valence electrons. The van der Waals surface area contributed by atoms with E-state index in [-0.39, 0.29) is 11.5 Å². The van der Waals surface area contributed by atoms with E-state index in [1.165, 1.54) is 0 Å². The number of rotatable bonds is 7. The van der Waals surface area contributed by atoms with Gasteiger partial charge in [0.1, 0.15) is 5.76 Å². The molecule has 0 aliphatic heterocycles. The van der Waals surface area contributed by atoms with Crippen molar-refractivity contribution in [3.63, 3.8) is 0 Å². The van der Waals surface area contributed by atoms with Crippen molar-refractivity contribution in [2.24, 2.45) is 5.41 Å². The maximum Gasteiger partial charge on any atom is 0.103 e. The topological polar surface area (TPSA) is 45.4 Å². The second-order valence-corrected chi connectivity index (χ2v) is 6.35. The zero-order valence-corrected chi connectivity index (χ0v) is 12.1. The van der Waals surface area contributed by atoms with Crippen molar-refractivity contribution in [1.82, 2.24) is 5.32 Å². The molecule has 0 amide bonds. The quantitative estimate of drug-likeness (QED) is 0.785. The van der Waals surface area contributed by atoms with E-state index in [1.54, 1.807) is 6.26 Å². The molecule has 0 fully saturated rings. The second-order valence-electron chi connectivity index (χ2n) is 6.35. The minimum atomic E-state index is -0.268. The third kappa shape index (κ3) is 6.82. The molecule has 3 heteroatoms. The Hall–Kier alpha value is -0.800. The van der Waals surface area contributed by atoms with E-state index in [0.29, 0.717) is 12.6 Å². The van der Waals surface area contributed by atoms with Gasteiger partial charge in [-0.05, 0) is 37.3 Å². The Morgan fingerprint density at radius 2 is 2.11 bits per heavy atom. The van der Waals surface area contributed by atoms with Gasteiger partial charge in [0.25, 0.3) is 0 Å². The second kappa shape index (κ2) is 6.95. The van der Waals surface area contributed by atoms with Crippen LogP contribution in [-0.2, 0) is 6.42 Å². The summed E-state index contributed by atoms with van der Waals surface area (Å²) in [7, 11) is 0. The molecule has 0 saturated carbocycles. The summed E-state index contributed by atoms with van der Waals surface area (Å²) in [5.74, 6) is 1.03. The van der Waals surface area contributed by atoms with Crippen LogP contribution >= 0.6 is 0 Å². The van der Waals surface area contributed by atoms with Crippen LogP contribution in [0.5, 0.6) is 0 Å². The van der Waals surface area contributed by atoms with Gasteiger partial charge in [-0.15, -0.1) is 0 Å². The number of hydrogen-bond acceptors (Lipinski definition) is 3. The molecule has 0 spiro atoms. The SMILES string of the molecule is CC(CCc1ccco1)NCC(O)CC(C)(C)C. The fourth-order valence-electron chi connectivity index (χ4n) is 2.03. The molecule has 2 N–H and O–H groups in total. The van der Waals surface area contributed by atoms with Gasteiger partial charge < -0.3 is 14.8 Å². The Morgan fingerprint density at radius 1 is 1.39 bits per heavy atom. The molecule has 3 nitrogen and oxygen atoms in total. The largest absolute Gasteiger partial charge is 0.469 e. The van der Waals surface area contributed by atoms with Gasteiger partial charge in [0.2, 0.25) is 0 Å². The lowest BCUT2D eigenvalue weighted by Gasteiger charge is -2.24. The Labute approximate surface area is 111 Å². The normalized spacial score (nSPS) is 15.6. The molecule has 1 rings (SSSR count). The lowest BCUT2D eigenvalue weighted by molar-refractivity contribution is 0.116. The van der Waals surface area contributed by atoms with Crippen molar-refractivity contribution in [3.8, 4) is 0 Å². The van der Waals surface area contributed by atoms with Gasteiger partial charge in [-0.25, -0.2) is 0 Å². The van der Waals surface area contributed by atoms with E-state index in [1.807, 2.05) is 12.1 Å². The molecule has 2 unspecified atom stereocenters. The number of aliphatic hydroxyl groups is 1. The Balaban J connectivity index is 2.14. The van der Waals surface area contributed by atoms with Crippen LogP contribution < -0.4 is 5.32 Å². The van der Waals surface area contributed by atoms with Crippen LogP contribution in [-0.4, -0.2) is 23.8 Å². The minimum Gasteiger partial charge on any atom is -0.469 e. The monoisotopic (exact) mass is 253 g/mol. The highest BCUT2D eigenvalue weighted by molar-refractivity contribution is 4.98. The molecule has 0 bridgehead atoms. The van der Waals surface area contributed by atoms with Gasteiger partial charge in [-0.3, -0.25) is 0 Å². The van der Waals surface area contributed by atoms with Gasteiger partial charge in [0.15, 0.2) is 0 Å². The van der Waals surface area contributed by atoms with Crippen molar-refractivity contribution < 1.29 is 9.52 Å². The summed E-state index contributed by atoms with van der Waals surface area (Å²) in [4.78, 5) is 0. The van der Waals surface area contributed by atoms with Crippen LogP contribution in [0.2, 0.25) is 0 Å². The standard InChI is InChI=1S/C15H27NO2/c1-12(7-8-14-6-5-9-18-14)16-11-13(17)10-15(2,3)4/h5-6,9,12-13,16-17H,7-8,10-11H2,1-4H3. The summed E-state index contributed by atoms with van der Waals surface area (Å²) in [5.41, 5.74) is 0.179. The predicted molar refractivity (Wildman–Crippen MR) is 74.6 cm³/mol. The number of aliphatic hydroxyl groups excluding tert-OH is 1. The minimum absolute atomic E-state index is 0.179. The molecule has 1 aromatic heterocycles. The number of furan rings is 1. The average molecular weight is 253 g/mol. The number of hydrogen-bond donors (Lipinski definition) is 2. The first-order chi connectivity index (χ1) is 8.37. The highest BCUT2D eigenvalue weighted by atomic mass is 16.3. The molecule has 0 aliphatic carbocycles. The third-order valence-corrected chi connectivity index (χ3v) is 2.95. The molecule has 18 heavy (non-hydrogen) atoms. The van der Waals surface area contributed by atoms with Crippen molar-refractivity contribution >= 4 is 0 Å². The van der Waals surface area contributed by atoms with E-state index >= 15 is 0 Å². The first-order valence-corrected chi connectivity index (χ1v) is 6.80. The molecule has 1 heterocycles. The lowest BCUT2D eigenvalue weighted by Crippen LogP contribution is -2.35. The summed E-state index contributed by atoms with van der Waals surface area (Å²) >= 11 is 0. The maximum absolute atomic E-state index is 9.90. The Morgan fingerprint density at radius 3 is 2.67 bits per heavy atom. The Bertz CT molecular complexity index is 314. The van der Waals surface area contributed by atoms with E-state index in [0.717, 1.165) is 25.0 Å². The molecule has 0 saturated heterocycles.